The van der Waals surface area contributed by atoms with E-state index in [2.05, 4.69) is 71.0 Å². The van der Waals surface area contributed by atoms with Crippen LogP contribution in [-0.2, 0) is 6.54 Å². The molecule has 27 heavy (non-hydrogen) atoms. The van der Waals surface area contributed by atoms with Gasteiger partial charge in [-0.3, -0.25) is 0 Å². The van der Waals surface area contributed by atoms with Crippen LogP contribution in [0.1, 0.15) is 59.4 Å². The van der Waals surface area contributed by atoms with Crippen molar-refractivity contribution < 1.29 is 0 Å². The molecule has 1 aromatic heterocycles. The monoisotopic (exact) mass is 367 g/mol. The van der Waals surface area contributed by atoms with Gasteiger partial charge in [0.05, 0.1) is 11.0 Å². The Morgan fingerprint density at radius 2 is 1.78 bits per heavy atom. The molecule has 0 aliphatic carbocycles. The second kappa shape index (κ2) is 8.75. The van der Waals surface area contributed by atoms with E-state index in [1.807, 2.05) is 6.19 Å². The fourth-order valence-electron chi connectivity index (χ4n) is 4.41. The summed E-state index contributed by atoms with van der Waals surface area (Å²) in [6.45, 7) is 12.2. The first-order valence-corrected chi connectivity index (χ1v) is 10.4. The lowest BCUT2D eigenvalue weighted by Crippen LogP contribution is -2.42. The predicted octanol–water partition coefficient (Wildman–Crippen LogP) is 4.31. The van der Waals surface area contributed by atoms with Crippen LogP contribution < -0.4 is 5.62 Å². The van der Waals surface area contributed by atoms with Crippen LogP contribution in [0, 0.1) is 17.4 Å². The maximum Gasteiger partial charge on any atom is 0.221 e. The zero-order valence-electron chi connectivity index (χ0n) is 17.2. The zero-order valence-corrected chi connectivity index (χ0v) is 17.2. The first-order chi connectivity index (χ1) is 13.1. The molecule has 0 bridgehead atoms. The Morgan fingerprint density at radius 1 is 1.11 bits per heavy atom. The van der Waals surface area contributed by atoms with E-state index < -0.39 is 0 Å². The molecule has 1 aromatic carbocycles. The Balaban J connectivity index is 1.85. The molecule has 1 aliphatic rings. The lowest BCUT2D eigenvalue weighted by molar-refractivity contribution is 0.133. The van der Waals surface area contributed by atoms with Crippen molar-refractivity contribution in [2.45, 2.75) is 72.0 Å². The highest BCUT2D eigenvalue weighted by Crippen LogP contribution is 2.27. The van der Waals surface area contributed by atoms with Gasteiger partial charge in [-0.25, -0.2) is 0 Å². The summed E-state index contributed by atoms with van der Waals surface area (Å²) in [5.41, 5.74) is 3.16. The number of aryl methyl sites for hydroxylation is 1. The number of aromatic nitrogens is 2. The number of piperidine rings is 1. The van der Waals surface area contributed by atoms with Gasteiger partial charge in [0.25, 0.3) is 0 Å². The van der Waals surface area contributed by atoms with Crippen LogP contribution in [0.15, 0.2) is 29.3 Å². The lowest BCUT2D eigenvalue weighted by Gasteiger charge is -2.37. The predicted molar refractivity (Wildman–Crippen MR) is 110 cm³/mol. The fraction of sp³-hybridized carbons (Fsp3) is 0.636. The summed E-state index contributed by atoms with van der Waals surface area (Å²) in [4.78, 5) is 6.85. The number of fused-ring (bicyclic) bond motifs is 1. The third-order valence-corrected chi connectivity index (χ3v) is 6.00. The molecule has 3 rings (SSSR count). The first kappa shape index (κ1) is 19.7. The third kappa shape index (κ3) is 4.11. The minimum Gasteiger partial charge on any atom is -0.310 e. The minimum absolute atomic E-state index is 0.406. The molecule has 0 N–H and O–H groups in total. The van der Waals surface area contributed by atoms with E-state index in [0.29, 0.717) is 12.1 Å². The van der Waals surface area contributed by atoms with E-state index in [9.17, 15) is 5.26 Å². The van der Waals surface area contributed by atoms with Crippen LogP contribution in [-0.4, -0.2) is 33.2 Å². The largest absolute Gasteiger partial charge is 0.310 e. The van der Waals surface area contributed by atoms with E-state index >= 15 is 0 Å². The number of nitrogens with zero attached hydrogens (tertiary/aromatic N) is 5. The number of likely N-dealkylation sites (tertiary alicyclic amines) is 1. The SMILES string of the molecule is CCn1/c(=N\C#N)n(C2CCN(C(C)CCC(C)C)CC2)c2ccccc21. The van der Waals surface area contributed by atoms with Gasteiger partial charge in [0.15, 0.2) is 0 Å². The highest BCUT2D eigenvalue weighted by molar-refractivity contribution is 5.76. The number of para-hydroxylation sites is 2. The summed E-state index contributed by atoms with van der Waals surface area (Å²) in [7, 11) is 0. The third-order valence-electron chi connectivity index (χ3n) is 6.00. The maximum absolute atomic E-state index is 9.25. The Bertz CT molecular complexity index is 859. The van der Waals surface area contributed by atoms with E-state index in [1.54, 1.807) is 0 Å². The van der Waals surface area contributed by atoms with Crippen LogP contribution in [0.4, 0.5) is 0 Å². The molecule has 1 fully saturated rings. The molecule has 0 radical (unpaired) electrons. The van der Waals surface area contributed by atoms with E-state index in [1.165, 1.54) is 23.9 Å². The zero-order chi connectivity index (χ0) is 19.4. The highest BCUT2D eigenvalue weighted by atomic mass is 15.2. The van der Waals surface area contributed by atoms with Crippen molar-refractivity contribution in [1.82, 2.24) is 14.0 Å². The van der Waals surface area contributed by atoms with E-state index in [0.717, 1.165) is 44.0 Å². The van der Waals surface area contributed by atoms with E-state index in [4.69, 9.17) is 0 Å². The summed E-state index contributed by atoms with van der Waals surface area (Å²) in [6, 6.07) is 9.50. The molecule has 0 saturated carbocycles. The Hall–Kier alpha value is -2.06. The average Bonchev–Trinajstić information content (AvgIpc) is 2.99. The van der Waals surface area contributed by atoms with Crippen molar-refractivity contribution in [3.63, 3.8) is 0 Å². The molecular formula is C22H33N5. The molecule has 5 heteroatoms. The molecule has 146 valence electrons. The summed E-state index contributed by atoms with van der Waals surface area (Å²) >= 11 is 0. The number of imidazole rings is 1. The second-order valence-electron chi connectivity index (χ2n) is 8.20. The standard InChI is InChI=1S/C22H33N5/c1-5-26-20-8-6-7-9-21(20)27(22(26)24-16-23)19-12-14-25(15-13-19)18(4)11-10-17(2)3/h6-9,17-19H,5,10-15H2,1-4H3/b24-22+. The number of hydrogen-bond donors (Lipinski definition) is 0. The van der Waals surface area contributed by atoms with Crippen LogP contribution in [0.3, 0.4) is 0 Å². The molecule has 2 heterocycles. The van der Waals surface area contributed by atoms with Gasteiger partial charge in [-0.1, -0.05) is 26.0 Å². The quantitative estimate of drug-likeness (QED) is 0.715. The smallest absolute Gasteiger partial charge is 0.221 e. The molecule has 5 nitrogen and oxygen atoms in total. The summed E-state index contributed by atoms with van der Waals surface area (Å²) < 4.78 is 4.48. The molecular weight excluding hydrogens is 334 g/mol. The normalized spacial score (nSPS) is 18.3. The van der Waals surface area contributed by atoms with Crippen molar-refractivity contribution in [2.75, 3.05) is 13.1 Å². The van der Waals surface area contributed by atoms with Crippen LogP contribution >= 0.6 is 0 Å². The molecule has 1 saturated heterocycles. The van der Waals surface area contributed by atoms with Gasteiger partial charge in [-0.2, -0.15) is 5.26 Å². The Kier molecular flexibility index (Phi) is 6.38. The Labute approximate surface area is 162 Å². The number of rotatable bonds is 6. The topological polar surface area (TPSA) is 49.2 Å². The van der Waals surface area contributed by atoms with Gasteiger partial charge < -0.3 is 14.0 Å². The number of benzene rings is 1. The van der Waals surface area contributed by atoms with Crippen LogP contribution in [0.2, 0.25) is 0 Å². The summed E-state index contributed by atoms with van der Waals surface area (Å²) in [5, 5.41) is 9.25. The van der Waals surface area contributed by atoms with Crippen molar-refractivity contribution in [2.24, 2.45) is 10.9 Å². The van der Waals surface area contributed by atoms with E-state index in [-0.39, 0.29) is 0 Å². The molecule has 1 unspecified atom stereocenters. The molecule has 1 aliphatic heterocycles. The van der Waals surface area contributed by atoms with Crippen molar-refractivity contribution in [3.8, 4) is 6.19 Å². The van der Waals surface area contributed by atoms with Crippen molar-refractivity contribution in [3.05, 3.63) is 29.9 Å². The van der Waals surface area contributed by atoms with Gasteiger partial charge in [0, 0.05) is 31.7 Å². The van der Waals surface area contributed by atoms with Gasteiger partial charge in [0.1, 0.15) is 0 Å². The fourth-order valence-corrected chi connectivity index (χ4v) is 4.41. The number of hydrogen-bond acceptors (Lipinski definition) is 3. The lowest BCUT2D eigenvalue weighted by atomic mass is 9.99. The second-order valence-corrected chi connectivity index (χ2v) is 8.20. The summed E-state index contributed by atoms with van der Waals surface area (Å²) in [6.07, 6.45) is 6.83. The Morgan fingerprint density at radius 3 is 2.37 bits per heavy atom. The molecule has 2 aromatic rings. The maximum atomic E-state index is 9.25. The van der Waals surface area contributed by atoms with Crippen molar-refractivity contribution >= 4 is 11.0 Å². The number of nitriles is 1. The minimum atomic E-state index is 0.406. The summed E-state index contributed by atoms with van der Waals surface area (Å²) in [5.74, 6) is 0.774. The molecule has 0 amide bonds. The molecule has 1 atom stereocenters. The highest BCUT2D eigenvalue weighted by Gasteiger charge is 2.26. The molecule has 0 spiro atoms. The van der Waals surface area contributed by atoms with Gasteiger partial charge in [-0.15, -0.1) is 4.99 Å². The van der Waals surface area contributed by atoms with Gasteiger partial charge >= 0.3 is 0 Å². The van der Waals surface area contributed by atoms with Crippen LogP contribution in [0.5, 0.6) is 0 Å². The van der Waals surface area contributed by atoms with Crippen LogP contribution in [0.25, 0.3) is 11.0 Å². The van der Waals surface area contributed by atoms with Gasteiger partial charge in [0.2, 0.25) is 11.8 Å². The average molecular weight is 368 g/mol. The first-order valence-electron chi connectivity index (χ1n) is 10.4. The van der Waals surface area contributed by atoms with Gasteiger partial charge in [-0.05, 0) is 57.6 Å². The van der Waals surface area contributed by atoms with Crippen molar-refractivity contribution in [1.29, 1.82) is 5.26 Å².